The SMILES string of the molecule is CCC(C)N(CC)c1nc(CC(=O)OC)cs1. The van der Waals surface area contributed by atoms with Gasteiger partial charge in [-0.05, 0) is 20.3 Å². The van der Waals surface area contributed by atoms with Crippen molar-refractivity contribution in [3.63, 3.8) is 0 Å². The van der Waals surface area contributed by atoms with Gasteiger partial charge in [0.1, 0.15) is 0 Å². The maximum atomic E-state index is 11.1. The normalized spacial score (nSPS) is 12.2. The fourth-order valence-corrected chi connectivity index (χ4v) is 2.58. The third-order valence-corrected chi connectivity index (χ3v) is 3.73. The fourth-order valence-electron chi connectivity index (χ4n) is 1.59. The molecule has 1 aromatic rings. The first kappa shape index (κ1) is 14.0. The Morgan fingerprint density at radius 3 is 2.82 bits per heavy atom. The third kappa shape index (κ3) is 3.70. The lowest BCUT2D eigenvalue weighted by molar-refractivity contribution is -0.139. The Balaban J connectivity index is 2.75. The van der Waals surface area contributed by atoms with Crippen LogP contribution in [0.4, 0.5) is 5.13 Å². The van der Waals surface area contributed by atoms with Crippen LogP contribution in [0.3, 0.4) is 0 Å². The summed E-state index contributed by atoms with van der Waals surface area (Å²) in [4.78, 5) is 17.9. The Kier molecular flexibility index (Phi) is 5.41. The molecule has 0 spiro atoms. The number of thiazole rings is 1. The molecule has 96 valence electrons. The number of hydrogen-bond donors (Lipinski definition) is 0. The number of methoxy groups -OCH3 is 1. The number of hydrogen-bond acceptors (Lipinski definition) is 5. The Hall–Kier alpha value is -1.10. The molecule has 0 amide bonds. The highest BCUT2D eigenvalue weighted by atomic mass is 32.1. The van der Waals surface area contributed by atoms with Crippen LogP contribution in [0.25, 0.3) is 0 Å². The predicted octanol–water partition coefficient (Wildman–Crippen LogP) is 2.48. The number of carbonyl (C=O) groups excluding carboxylic acids is 1. The molecule has 0 radical (unpaired) electrons. The highest BCUT2D eigenvalue weighted by Crippen LogP contribution is 2.23. The molecule has 1 unspecified atom stereocenters. The molecule has 17 heavy (non-hydrogen) atoms. The van der Waals surface area contributed by atoms with Gasteiger partial charge in [0.25, 0.3) is 0 Å². The Labute approximate surface area is 107 Å². The van der Waals surface area contributed by atoms with Crippen LogP contribution in [0.1, 0.15) is 32.9 Å². The van der Waals surface area contributed by atoms with Gasteiger partial charge < -0.3 is 9.64 Å². The van der Waals surface area contributed by atoms with Crippen molar-refractivity contribution in [3.8, 4) is 0 Å². The lowest BCUT2D eigenvalue weighted by atomic mass is 10.2. The van der Waals surface area contributed by atoms with Gasteiger partial charge >= 0.3 is 5.97 Å². The average molecular weight is 256 g/mol. The topological polar surface area (TPSA) is 42.4 Å². The van der Waals surface area contributed by atoms with Gasteiger partial charge in [0.05, 0.1) is 19.2 Å². The van der Waals surface area contributed by atoms with Crippen LogP contribution in [0.2, 0.25) is 0 Å². The minimum atomic E-state index is -0.242. The van der Waals surface area contributed by atoms with E-state index in [2.05, 4.69) is 35.4 Å². The standard InChI is InChI=1S/C12H20N2O2S/c1-5-9(3)14(6-2)12-13-10(8-17-12)7-11(15)16-4/h8-9H,5-7H2,1-4H3. The minimum Gasteiger partial charge on any atom is -0.469 e. The van der Waals surface area contributed by atoms with E-state index in [-0.39, 0.29) is 12.4 Å². The number of aromatic nitrogens is 1. The molecule has 4 nitrogen and oxygen atoms in total. The molecule has 0 aliphatic heterocycles. The first-order valence-corrected chi connectivity index (χ1v) is 6.78. The molecule has 5 heteroatoms. The van der Waals surface area contributed by atoms with Gasteiger partial charge in [0, 0.05) is 18.0 Å². The second kappa shape index (κ2) is 6.59. The van der Waals surface area contributed by atoms with E-state index in [1.807, 2.05) is 5.38 Å². The summed E-state index contributed by atoms with van der Waals surface area (Å²) in [5.74, 6) is -0.242. The second-order valence-electron chi connectivity index (χ2n) is 3.92. The number of rotatable bonds is 6. The summed E-state index contributed by atoms with van der Waals surface area (Å²) in [5, 5.41) is 2.91. The third-order valence-electron chi connectivity index (χ3n) is 2.80. The molecule has 0 saturated carbocycles. The number of nitrogens with zero attached hydrogens (tertiary/aromatic N) is 2. The van der Waals surface area contributed by atoms with Crippen molar-refractivity contribution < 1.29 is 9.53 Å². The van der Waals surface area contributed by atoms with E-state index in [0.717, 1.165) is 23.8 Å². The smallest absolute Gasteiger partial charge is 0.311 e. The Morgan fingerprint density at radius 1 is 1.59 bits per heavy atom. The number of anilines is 1. The lowest BCUT2D eigenvalue weighted by Crippen LogP contribution is -2.32. The lowest BCUT2D eigenvalue weighted by Gasteiger charge is -2.26. The maximum Gasteiger partial charge on any atom is 0.311 e. The zero-order chi connectivity index (χ0) is 12.8. The Morgan fingerprint density at radius 2 is 2.29 bits per heavy atom. The molecule has 0 aliphatic carbocycles. The summed E-state index contributed by atoms with van der Waals surface area (Å²) in [6.07, 6.45) is 1.34. The highest BCUT2D eigenvalue weighted by Gasteiger charge is 2.15. The van der Waals surface area contributed by atoms with Gasteiger partial charge in [-0.25, -0.2) is 4.98 Å². The van der Waals surface area contributed by atoms with E-state index in [1.54, 1.807) is 11.3 Å². The van der Waals surface area contributed by atoms with Crippen molar-refractivity contribution in [2.75, 3.05) is 18.6 Å². The van der Waals surface area contributed by atoms with Crippen molar-refractivity contribution in [2.24, 2.45) is 0 Å². The predicted molar refractivity (Wildman–Crippen MR) is 70.6 cm³/mol. The zero-order valence-electron chi connectivity index (χ0n) is 10.9. The molecule has 0 N–H and O–H groups in total. The molecule has 0 bridgehead atoms. The number of carbonyl (C=O) groups is 1. The molecule has 0 fully saturated rings. The van der Waals surface area contributed by atoms with Crippen LogP contribution in [-0.4, -0.2) is 30.6 Å². The van der Waals surface area contributed by atoms with Crippen LogP contribution >= 0.6 is 11.3 Å². The summed E-state index contributed by atoms with van der Waals surface area (Å²) in [5.41, 5.74) is 0.790. The van der Waals surface area contributed by atoms with Crippen LogP contribution < -0.4 is 4.90 Å². The van der Waals surface area contributed by atoms with Gasteiger partial charge in [-0.2, -0.15) is 0 Å². The molecular formula is C12H20N2O2S. The summed E-state index contributed by atoms with van der Waals surface area (Å²) in [6.45, 7) is 7.40. The summed E-state index contributed by atoms with van der Waals surface area (Å²) >= 11 is 1.59. The van der Waals surface area contributed by atoms with Gasteiger partial charge in [-0.3, -0.25) is 4.79 Å². The van der Waals surface area contributed by atoms with E-state index in [4.69, 9.17) is 0 Å². The van der Waals surface area contributed by atoms with E-state index in [0.29, 0.717) is 6.04 Å². The Bertz CT molecular complexity index is 365. The first-order valence-electron chi connectivity index (χ1n) is 5.90. The quantitative estimate of drug-likeness (QED) is 0.733. The number of esters is 1. The summed E-state index contributed by atoms with van der Waals surface area (Å²) < 4.78 is 4.63. The van der Waals surface area contributed by atoms with Crippen molar-refractivity contribution in [1.29, 1.82) is 0 Å². The molecule has 0 aliphatic rings. The highest BCUT2D eigenvalue weighted by molar-refractivity contribution is 7.13. The van der Waals surface area contributed by atoms with Crippen LogP contribution in [0.5, 0.6) is 0 Å². The number of ether oxygens (including phenoxy) is 1. The van der Waals surface area contributed by atoms with Crippen molar-refractivity contribution >= 4 is 22.4 Å². The summed E-state index contributed by atoms with van der Waals surface area (Å²) in [6, 6.07) is 0.470. The van der Waals surface area contributed by atoms with Crippen molar-refractivity contribution in [1.82, 2.24) is 4.98 Å². The second-order valence-corrected chi connectivity index (χ2v) is 4.75. The molecule has 1 atom stereocenters. The largest absolute Gasteiger partial charge is 0.469 e. The fraction of sp³-hybridized carbons (Fsp3) is 0.667. The van der Waals surface area contributed by atoms with E-state index in [9.17, 15) is 4.79 Å². The van der Waals surface area contributed by atoms with Gasteiger partial charge in [0.2, 0.25) is 0 Å². The van der Waals surface area contributed by atoms with E-state index < -0.39 is 0 Å². The molecule has 1 heterocycles. The molecular weight excluding hydrogens is 236 g/mol. The van der Waals surface area contributed by atoms with Gasteiger partial charge in [-0.1, -0.05) is 6.92 Å². The van der Waals surface area contributed by atoms with E-state index in [1.165, 1.54) is 7.11 Å². The van der Waals surface area contributed by atoms with Crippen LogP contribution in [0.15, 0.2) is 5.38 Å². The van der Waals surface area contributed by atoms with Gasteiger partial charge in [0.15, 0.2) is 5.13 Å². The zero-order valence-corrected chi connectivity index (χ0v) is 11.7. The minimum absolute atomic E-state index is 0.242. The van der Waals surface area contributed by atoms with Crippen LogP contribution in [-0.2, 0) is 16.0 Å². The molecule has 1 aromatic heterocycles. The molecule has 1 rings (SSSR count). The summed E-state index contributed by atoms with van der Waals surface area (Å²) in [7, 11) is 1.40. The van der Waals surface area contributed by atoms with Gasteiger partial charge in [-0.15, -0.1) is 11.3 Å². The molecule has 0 saturated heterocycles. The van der Waals surface area contributed by atoms with E-state index >= 15 is 0 Å². The molecule has 0 aromatic carbocycles. The maximum absolute atomic E-state index is 11.1. The van der Waals surface area contributed by atoms with Crippen molar-refractivity contribution in [2.45, 2.75) is 39.7 Å². The average Bonchev–Trinajstić information content (AvgIpc) is 2.77. The van der Waals surface area contributed by atoms with Crippen molar-refractivity contribution in [3.05, 3.63) is 11.1 Å². The monoisotopic (exact) mass is 256 g/mol. The van der Waals surface area contributed by atoms with Crippen LogP contribution in [0, 0.1) is 0 Å². The first-order chi connectivity index (χ1) is 8.12.